The van der Waals surface area contributed by atoms with E-state index in [-0.39, 0.29) is 12.3 Å². The molecule has 1 heterocycles. The fraction of sp³-hybridized carbons (Fsp3) is 0.300. The molecule has 1 atom stereocenters. The predicted octanol–water partition coefficient (Wildman–Crippen LogP) is 2.31. The molecule has 1 saturated heterocycles. The first-order valence-electron chi connectivity index (χ1n) is 4.52. The summed E-state index contributed by atoms with van der Waals surface area (Å²) in [6.07, 6.45) is -0.357. The maximum Gasteiger partial charge on any atom is 0.229 e. The minimum atomic E-state index is -0.559. The minimum absolute atomic E-state index is 0.0462. The standard InChI is InChI=1S/C10H9Br2NO2/c11-7-2-1-3-8(12)10(7)13-5-6(14)4-9(13)15/h1-3,6,14H,4-5H2. The highest BCUT2D eigenvalue weighted by Gasteiger charge is 2.31. The van der Waals surface area contributed by atoms with Crippen LogP contribution in [0.1, 0.15) is 6.42 Å². The van der Waals surface area contributed by atoms with Crippen LogP contribution in [0.15, 0.2) is 27.1 Å². The van der Waals surface area contributed by atoms with Crippen molar-refractivity contribution in [3.8, 4) is 0 Å². The van der Waals surface area contributed by atoms with E-state index in [1.807, 2.05) is 18.2 Å². The number of amides is 1. The van der Waals surface area contributed by atoms with Crippen molar-refractivity contribution >= 4 is 43.5 Å². The maximum absolute atomic E-state index is 11.6. The molecule has 0 radical (unpaired) electrons. The van der Waals surface area contributed by atoms with Gasteiger partial charge in [-0.15, -0.1) is 0 Å². The zero-order chi connectivity index (χ0) is 11.0. The summed E-state index contributed by atoms with van der Waals surface area (Å²) in [5, 5.41) is 9.42. The molecular formula is C10H9Br2NO2. The molecule has 5 heteroatoms. The number of benzene rings is 1. The lowest BCUT2D eigenvalue weighted by Gasteiger charge is -2.19. The van der Waals surface area contributed by atoms with Gasteiger partial charge in [0.15, 0.2) is 0 Å². The quantitative estimate of drug-likeness (QED) is 0.856. The molecule has 0 saturated carbocycles. The lowest BCUT2D eigenvalue weighted by atomic mass is 10.3. The van der Waals surface area contributed by atoms with Gasteiger partial charge in [-0.2, -0.15) is 0 Å². The molecule has 1 amide bonds. The number of aliphatic hydroxyl groups is 1. The van der Waals surface area contributed by atoms with E-state index in [0.29, 0.717) is 6.54 Å². The van der Waals surface area contributed by atoms with E-state index in [2.05, 4.69) is 31.9 Å². The maximum atomic E-state index is 11.6. The molecule has 15 heavy (non-hydrogen) atoms. The van der Waals surface area contributed by atoms with Crippen LogP contribution in [0.3, 0.4) is 0 Å². The average Bonchev–Trinajstić information content (AvgIpc) is 2.45. The van der Waals surface area contributed by atoms with E-state index in [1.54, 1.807) is 4.90 Å². The summed E-state index contributed by atoms with van der Waals surface area (Å²) in [5.74, 6) is -0.0462. The van der Waals surface area contributed by atoms with Crippen molar-refractivity contribution in [1.82, 2.24) is 0 Å². The first-order chi connectivity index (χ1) is 7.09. The molecular weight excluding hydrogens is 326 g/mol. The van der Waals surface area contributed by atoms with Crippen molar-refractivity contribution in [3.63, 3.8) is 0 Å². The van der Waals surface area contributed by atoms with E-state index >= 15 is 0 Å². The zero-order valence-electron chi connectivity index (χ0n) is 7.78. The van der Waals surface area contributed by atoms with Crippen LogP contribution in [0.4, 0.5) is 5.69 Å². The number of carbonyl (C=O) groups is 1. The first kappa shape index (κ1) is 11.1. The summed E-state index contributed by atoms with van der Waals surface area (Å²) in [7, 11) is 0. The van der Waals surface area contributed by atoms with E-state index in [9.17, 15) is 9.90 Å². The summed E-state index contributed by atoms with van der Waals surface area (Å²) < 4.78 is 1.69. The van der Waals surface area contributed by atoms with Gasteiger partial charge in [-0.25, -0.2) is 0 Å². The van der Waals surface area contributed by atoms with Crippen LogP contribution in [0.5, 0.6) is 0 Å². The third-order valence-electron chi connectivity index (χ3n) is 2.31. The van der Waals surface area contributed by atoms with Gasteiger partial charge in [0.25, 0.3) is 0 Å². The van der Waals surface area contributed by atoms with Gasteiger partial charge in [0.1, 0.15) is 0 Å². The number of rotatable bonds is 1. The Labute approximate surface area is 104 Å². The summed E-state index contributed by atoms with van der Waals surface area (Å²) in [5.41, 5.74) is 0.791. The highest BCUT2D eigenvalue weighted by atomic mass is 79.9. The van der Waals surface area contributed by atoms with Gasteiger partial charge in [0, 0.05) is 8.95 Å². The fourth-order valence-corrected chi connectivity index (χ4v) is 3.08. The molecule has 1 fully saturated rings. The highest BCUT2D eigenvalue weighted by Crippen LogP contribution is 2.36. The van der Waals surface area contributed by atoms with Crippen LogP contribution in [-0.2, 0) is 4.79 Å². The van der Waals surface area contributed by atoms with Crippen LogP contribution >= 0.6 is 31.9 Å². The Morgan fingerprint density at radius 2 is 1.93 bits per heavy atom. The SMILES string of the molecule is O=C1CC(O)CN1c1c(Br)cccc1Br. The topological polar surface area (TPSA) is 40.5 Å². The molecule has 0 aromatic heterocycles. The fourth-order valence-electron chi connectivity index (χ4n) is 1.65. The van der Waals surface area contributed by atoms with Gasteiger partial charge in [0.05, 0.1) is 24.8 Å². The Morgan fingerprint density at radius 1 is 1.33 bits per heavy atom. The highest BCUT2D eigenvalue weighted by molar-refractivity contribution is 9.11. The van der Waals surface area contributed by atoms with Gasteiger partial charge in [0.2, 0.25) is 5.91 Å². The molecule has 80 valence electrons. The van der Waals surface area contributed by atoms with Gasteiger partial charge < -0.3 is 10.0 Å². The number of hydrogen-bond donors (Lipinski definition) is 1. The number of carbonyl (C=O) groups excluding carboxylic acids is 1. The van der Waals surface area contributed by atoms with Crippen molar-refractivity contribution in [2.24, 2.45) is 0 Å². The first-order valence-corrected chi connectivity index (χ1v) is 6.10. The minimum Gasteiger partial charge on any atom is -0.391 e. The second kappa shape index (κ2) is 4.23. The summed E-state index contributed by atoms with van der Waals surface area (Å²) >= 11 is 6.80. The Morgan fingerprint density at radius 3 is 2.40 bits per heavy atom. The number of β-amino-alcohol motifs (C(OH)–C–C–N with tert-alkyl or cyclic N) is 1. The van der Waals surface area contributed by atoms with Crippen LogP contribution < -0.4 is 4.90 Å². The largest absolute Gasteiger partial charge is 0.391 e. The summed E-state index contributed by atoms with van der Waals surface area (Å²) in [4.78, 5) is 13.2. The number of aliphatic hydroxyl groups excluding tert-OH is 1. The van der Waals surface area contributed by atoms with E-state index in [1.165, 1.54) is 0 Å². The van der Waals surface area contributed by atoms with Crippen LogP contribution in [-0.4, -0.2) is 23.7 Å². The van der Waals surface area contributed by atoms with Crippen molar-refractivity contribution in [3.05, 3.63) is 27.1 Å². The van der Waals surface area contributed by atoms with E-state index in [4.69, 9.17) is 0 Å². The third-order valence-corrected chi connectivity index (χ3v) is 3.59. The van der Waals surface area contributed by atoms with E-state index < -0.39 is 6.10 Å². The molecule has 1 aliphatic rings. The molecule has 1 aliphatic heterocycles. The molecule has 0 spiro atoms. The number of anilines is 1. The second-order valence-electron chi connectivity index (χ2n) is 3.43. The Bertz CT molecular complexity index is 388. The summed E-state index contributed by atoms with van der Waals surface area (Å²) in [6.45, 7) is 0.361. The molecule has 2 rings (SSSR count). The smallest absolute Gasteiger partial charge is 0.229 e. The van der Waals surface area contributed by atoms with Gasteiger partial charge in [-0.3, -0.25) is 4.79 Å². The van der Waals surface area contributed by atoms with Gasteiger partial charge >= 0.3 is 0 Å². The van der Waals surface area contributed by atoms with Crippen LogP contribution in [0, 0.1) is 0 Å². The van der Waals surface area contributed by atoms with Crippen LogP contribution in [0.2, 0.25) is 0 Å². The molecule has 1 unspecified atom stereocenters. The number of para-hydroxylation sites is 1. The monoisotopic (exact) mass is 333 g/mol. The number of nitrogens with zero attached hydrogens (tertiary/aromatic N) is 1. The Hall–Kier alpha value is -0.390. The molecule has 1 aromatic carbocycles. The zero-order valence-corrected chi connectivity index (χ0v) is 11.0. The molecule has 1 aromatic rings. The third kappa shape index (κ3) is 2.09. The van der Waals surface area contributed by atoms with Gasteiger partial charge in [-0.05, 0) is 44.0 Å². The van der Waals surface area contributed by atoms with Crippen molar-refractivity contribution in [2.75, 3.05) is 11.4 Å². The van der Waals surface area contributed by atoms with Crippen LogP contribution in [0.25, 0.3) is 0 Å². The Balaban J connectivity index is 2.41. The predicted molar refractivity (Wildman–Crippen MR) is 64.8 cm³/mol. The number of halogens is 2. The molecule has 0 bridgehead atoms. The Kier molecular flexibility index (Phi) is 3.13. The van der Waals surface area contributed by atoms with Crippen molar-refractivity contribution in [1.29, 1.82) is 0 Å². The lowest BCUT2D eigenvalue weighted by Crippen LogP contribution is -2.25. The average molecular weight is 335 g/mol. The van der Waals surface area contributed by atoms with Crippen molar-refractivity contribution < 1.29 is 9.90 Å². The van der Waals surface area contributed by atoms with Crippen molar-refractivity contribution in [2.45, 2.75) is 12.5 Å². The van der Waals surface area contributed by atoms with E-state index in [0.717, 1.165) is 14.6 Å². The molecule has 3 nitrogen and oxygen atoms in total. The lowest BCUT2D eigenvalue weighted by molar-refractivity contribution is -0.117. The normalized spacial score (nSPS) is 21.1. The van der Waals surface area contributed by atoms with Gasteiger partial charge in [-0.1, -0.05) is 6.07 Å². The number of hydrogen-bond acceptors (Lipinski definition) is 2. The second-order valence-corrected chi connectivity index (χ2v) is 5.14. The molecule has 1 N–H and O–H groups in total. The molecule has 0 aliphatic carbocycles. The summed E-state index contributed by atoms with van der Waals surface area (Å²) in [6, 6.07) is 5.63.